The van der Waals surface area contributed by atoms with E-state index >= 15 is 0 Å². The molecule has 0 nitrogen and oxygen atoms in total. The van der Waals surface area contributed by atoms with E-state index in [0.29, 0.717) is 20.7 Å². The van der Waals surface area contributed by atoms with Gasteiger partial charge in [0, 0.05) is 44.9 Å². The minimum atomic E-state index is -1.55. The van der Waals surface area contributed by atoms with Gasteiger partial charge in [0.2, 0.25) is 0 Å². The summed E-state index contributed by atoms with van der Waals surface area (Å²) in [7, 11) is -1.64. The topological polar surface area (TPSA) is 0 Å². The van der Waals surface area contributed by atoms with Gasteiger partial charge in [-0.2, -0.15) is 0 Å². The summed E-state index contributed by atoms with van der Waals surface area (Å²) in [6.07, 6.45) is 18.2. The maximum atomic E-state index is 2.76. The quantitative estimate of drug-likeness (QED) is 0.317. The van der Waals surface area contributed by atoms with Gasteiger partial charge in [0.05, 0.1) is 0 Å². The Balaban J connectivity index is 0.00000150. The second-order valence-electron chi connectivity index (χ2n) is 10.7. The van der Waals surface area contributed by atoms with Crippen LogP contribution in [0.4, 0.5) is 0 Å². The van der Waals surface area contributed by atoms with Gasteiger partial charge in [-0.1, -0.05) is 51.4 Å². The van der Waals surface area contributed by atoms with Crippen LogP contribution in [0.25, 0.3) is 0 Å². The molecule has 0 saturated carbocycles. The fraction of sp³-hybridized carbons (Fsp3) is 0.455. The Kier molecular flexibility index (Phi) is 9.62. The smallest absolute Gasteiger partial charge is 1.00 e. The van der Waals surface area contributed by atoms with Gasteiger partial charge in [-0.3, -0.25) is 0 Å². The molecule has 0 radical (unpaired) electrons. The molecule has 4 atom stereocenters. The molecule has 0 amide bonds. The molecule has 0 aromatic carbocycles. The number of hydrogen-bond donors (Lipinski definition) is 0. The summed E-state index contributed by atoms with van der Waals surface area (Å²) in [5.41, 5.74) is 3.15. The Labute approximate surface area is 223 Å². The van der Waals surface area contributed by atoms with Crippen molar-refractivity contribution in [1.82, 2.24) is 0 Å². The maximum absolute atomic E-state index is 2.76. The van der Waals surface area contributed by atoms with Crippen molar-refractivity contribution in [3.05, 3.63) is 69.6 Å². The summed E-state index contributed by atoms with van der Waals surface area (Å²) in [6.45, 7) is 21.1. The van der Waals surface area contributed by atoms with E-state index in [-0.39, 0.29) is 51.0 Å². The van der Waals surface area contributed by atoms with Crippen molar-refractivity contribution in [3.8, 4) is 0 Å². The van der Waals surface area contributed by atoms with Gasteiger partial charge in [-0.05, 0) is 36.5 Å². The average molecular weight is 609 g/mol. The molecule has 2 aliphatic carbocycles. The summed E-state index contributed by atoms with van der Waals surface area (Å²) in [5.74, 6) is 0. The van der Waals surface area contributed by atoms with E-state index in [2.05, 4.69) is 101 Å². The van der Waals surface area contributed by atoms with Crippen LogP contribution in [0, 0.1) is 0 Å². The Morgan fingerprint density at radius 1 is 0.633 bits per heavy atom. The first-order chi connectivity index (χ1) is 12.4. The number of hydrogen-bond acceptors (Lipinski definition) is 0. The molecule has 0 aromatic rings. The van der Waals surface area contributed by atoms with Gasteiger partial charge in [-0.15, -0.1) is 0 Å². The Morgan fingerprint density at radius 3 is 1.27 bits per heavy atom. The first-order valence-corrected chi connectivity index (χ1v) is 24.3. The second-order valence-corrected chi connectivity index (χ2v) is 37.8. The molecule has 8 heteroatoms. The van der Waals surface area contributed by atoms with E-state index in [4.69, 9.17) is 0 Å². The first-order valence-electron chi connectivity index (χ1n) is 10.1. The van der Waals surface area contributed by atoms with Gasteiger partial charge < -0.3 is 24.8 Å². The minimum absolute atomic E-state index is 0. The van der Waals surface area contributed by atoms with Crippen molar-refractivity contribution in [2.75, 3.05) is 0 Å². The number of fused-ring (bicyclic) bond motifs is 2. The average Bonchev–Trinajstić information content (AvgIpc) is 3.23. The van der Waals surface area contributed by atoms with E-state index in [1.165, 1.54) is 0 Å². The van der Waals surface area contributed by atoms with Crippen LogP contribution in [0.5, 0.6) is 0 Å². The van der Waals surface area contributed by atoms with Gasteiger partial charge >= 0.3 is 32.6 Å². The van der Waals surface area contributed by atoms with Crippen molar-refractivity contribution in [3.63, 3.8) is 0 Å². The zero-order chi connectivity index (χ0) is 19.8. The van der Waals surface area contributed by atoms with Crippen LogP contribution in [0.1, 0.15) is 0 Å². The monoisotopic (exact) mass is 606 g/mol. The molecule has 4 aliphatic rings. The Hall–Kier alpha value is 1.25. The van der Waals surface area contributed by atoms with Crippen LogP contribution in [0.3, 0.4) is 0 Å². The molecule has 2 heterocycles. The Bertz CT molecular complexity index is 804. The fourth-order valence-corrected chi connectivity index (χ4v) is 44.7. The summed E-state index contributed by atoms with van der Waals surface area (Å²) in [6, 6.07) is 0. The van der Waals surface area contributed by atoms with Gasteiger partial charge in [0.15, 0.2) is 0 Å². The second kappa shape index (κ2) is 9.86. The third-order valence-electron chi connectivity index (χ3n) is 6.03. The normalized spacial score (nSPS) is 29.1. The van der Waals surface area contributed by atoms with Crippen molar-refractivity contribution >= 4 is 43.2 Å². The fourth-order valence-electron chi connectivity index (χ4n) is 4.69. The standard InChI is InChI=1S/C22H34S2Si3.2ClH.Zr/c1-25(2,3)21-15-17-11-9-13-19(17)23(21)27(7,8)24-20-14-10-12-18(20)16-22(24)26(4,5)6;;;/h9-16,21-22H,1-8H3;2*1H;/q+2;;;+2/p-2. The van der Waals surface area contributed by atoms with E-state index in [1.807, 2.05) is 0 Å². The predicted octanol–water partition coefficient (Wildman–Crippen LogP) is 0.210. The summed E-state index contributed by atoms with van der Waals surface area (Å²) in [5, 5.41) is 0. The van der Waals surface area contributed by atoms with Crippen molar-refractivity contribution in [1.29, 1.82) is 0 Å². The zero-order valence-corrected chi connectivity index (χ0v) is 27.9. The van der Waals surface area contributed by atoms with Crippen LogP contribution in [0.15, 0.2) is 69.6 Å². The van der Waals surface area contributed by atoms with Crippen LogP contribution in [-0.2, 0) is 46.9 Å². The van der Waals surface area contributed by atoms with Crippen LogP contribution >= 0.6 is 0 Å². The molecule has 30 heavy (non-hydrogen) atoms. The molecular weight excluding hydrogens is 575 g/mol. The summed E-state index contributed by atoms with van der Waals surface area (Å²) >= 11 is 0. The first kappa shape index (κ1) is 29.3. The minimum Gasteiger partial charge on any atom is -1.00 e. The maximum Gasteiger partial charge on any atom is 2.00 e. The molecule has 0 N–H and O–H groups in total. The number of halogens is 2. The van der Waals surface area contributed by atoms with Crippen LogP contribution in [0.2, 0.25) is 52.4 Å². The molecule has 0 saturated heterocycles. The summed E-state index contributed by atoms with van der Waals surface area (Å²) in [4.78, 5) is 5.11. The molecule has 4 rings (SSSR count). The van der Waals surface area contributed by atoms with E-state index < -0.39 is 22.5 Å². The predicted molar refractivity (Wildman–Crippen MR) is 137 cm³/mol. The third kappa shape index (κ3) is 4.87. The molecular formula is C22H34Cl2S2Si3Zr+2. The molecule has 0 spiro atoms. The van der Waals surface area contributed by atoms with Crippen molar-refractivity contribution < 1.29 is 51.0 Å². The molecule has 0 fully saturated rings. The molecule has 4 unspecified atom stereocenters. The summed E-state index contributed by atoms with van der Waals surface area (Å²) < 4.78 is 0. The third-order valence-corrected chi connectivity index (χ3v) is 34.4. The Morgan fingerprint density at radius 2 is 0.967 bits per heavy atom. The van der Waals surface area contributed by atoms with E-state index in [9.17, 15) is 0 Å². The van der Waals surface area contributed by atoms with E-state index in [1.54, 1.807) is 21.0 Å². The van der Waals surface area contributed by atoms with E-state index in [0.717, 1.165) is 9.75 Å². The largest absolute Gasteiger partial charge is 2.00 e. The number of allylic oxidation sites excluding steroid dienone is 8. The zero-order valence-electron chi connectivity index (χ0n) is 19.3. The van der Waals surface area contributed by atoms with Gasteiger partial charge in [0.25, 0.3) is 0 Å². The number of rotatable bonds is 4. The molecule has 2 aliphatic heterocycles. The van der Waals surface area contributed by atoms with Gasteiger partial charge in [-0.25, -0.2) is 0 Å². The van der Waals surface area contributed by atoms with Gasteiger partial charge in [0.1, 0.15) is 35.7 Å². The van der Waals surface area contributed by atoms with Crippen molar-refractivity contribution in [2.45, 2.75) is 62.1 Å². The SMILES string of the molecule is C[Si](C)(C)C1C=C2C=CC=C2[S+]1[Si](C)(C)[S+]1C2=CC=CC2=CC1[Si](C)(C)C.[Cl-].[Cl-].[Zr+2]. The molecule has 162 valence electrons. The van der Waals surface area contributed by atoms with Crippen molar-refractivity contribution in [2.24, 2.45) is 0 Å². The van der Waals surface area contributed by atoms with Crippen LogP contribution in [-0.4, -0.2) is 32.3 Å². The van der Waals surface area contributed by atoms with Crippen LogP contribution < -0.4 is 24.8 Å². The molecule has 0 aromatic heterocycles. The molecule has 0 bridgehead atoms.